The summed E-state index contributed by atoms with van der Waals surface area (Å²) in [7, 11) is 1.17. The van der Waals surface area contributed by atoms with Crippen molar-refractivity contribution >= 4 is 17.8 Å². The van der Waals surface area contributed by atoms with Crippen LogP contribution in [0, 0.1) is 11.6 Å². The van der Waals surface area contributed by atoms with E-state index in [9.17, 15) is 18.4 Å². The fraction of sp³-hybridized carbons (Fsp3) is 0.111. The maximum atomic E-state index is 13.2. The number of Topliss-reactive ketones (excluding diaryl/α,β-unsaturated/α-hetero) is 1. The van der Waals surface area contributed by atoms with Crippen LogP contribution in [0.1, 0.15) is 15.9 Å². The van der Waals surface area contributed by atoms with Crippen LogP contribution in [-0.2, 0) is 9.53 Å². The van der Waals surface area contributed by atoms with Crippen molar-refractivity contribution in [2.75, 3.05) is 13.7 Å². The van der Waals surface area contributed by atoms with E-state index >= 15 is 0 Å². The van der Waals surface area contributed by atoms with Crippen molar-refractivity contribution in [1.82, 2.24) is 5.32 Å². The second-order valence-corrected chi connectivity index (χ2v) is 4.90. The van der Waals surface area contributed by atoms with Gasteiger partial charge in [0.15, 0.2) is 5.78 Å². The van der Waals surface area contributed by atoms with Gasteiger partial charge in [-0.3, -0.25) is 4.79 Å². The molecule has 2 rings (SSSR count). The number of halogens is 2. The predicted octanol–water partition coefficient (Wildman–Crippen LogP) is 2.95. The molecule has 2 aromatic rings. The summed E-state index contributed by atoms with van der Waals surface area (Å²) >= 11 is 0. The van der Waals surface area contributed by atoms with Gasteiger partial charge in [-0.05, 0) is 23.8 Å². The Labute approximate surface area is 137 Å². The van der Waals surface area contributed by atoms with Crippen LogP contribution in [0.4, 0.5) is 8.78 Å². The number of methoxy groups -OCH3 is 1. The Morgan fingerprint density at radius 2 is 1.71 bits per heavy atom. The molecule has 0 unspecified atom stereocenters. The molecule has 0 saturated carbocycles. The molecule has 0 atom stereocenters. The lowest BCUT2D eigenvalue weighted by Gasteiger charge is -2.09. The molecule has 0 aliphatic heterocycles. The number of carbonyl (C=O) groups is 2. The fourth-order valence-corrected chi connectivity index (χ4v) is 2.02. The average molecular weight is 331 g/mol. The van der Waals surface area contributed by atoms with Crippen molar-refractivity contribution in [2.24, 2.45) is 0 Å². The van der Waals surface area contributed by atoms with Gasteiger partial charge in [-0.15, -0.1) is 0 Å². The molecule has 6 heteroatoms. The van der Waals surface area contributed by atoms with Crippen LogP contribution in [0.3, 0.4) is 0 Å². The van der Waals surface area contributed by atoms with Crippen LogP contribution in [0.15, 0.2) is 54.2 Å². The van der Waals surface area contributed by atoms with Crippen molar-refractivity contribution in [3.8, 4) is 0 Å². The molecular formula is C18H15F2NO3. The highest BCUT2D eigenvalue weighted by atomic mass is 19.1. The minimum absolute atomic E-state index is 0.0771. The lowest BCUT2D eigenvalue weighted by atomic mass is 10.1. The highest BCUT2D eigenvalue weighted by Crippen LogP contribution is 2.12. The van der Waals surface area contributed by atoms with E-state index < -0.39 is 17.6 Å². The lowest BCUT2D eigenvalue weighted by Crippen LogP contribution is -2.27. The highest BCUT2D eigenvalue weighted by molar-refractivity contribution is 5.99. The minimum Gasteiger partial charge on any atom is -0.464 e. The highest BCUT2D eigenvalue weighted by Gasteiger charge is 2.13. The maximum absolute atomic E-state index is 13.2. The van der Waals surface area contributed by atoms with E-state index in [-0.39, 0.29) is 23.6 Å². The van der Waals surface area contributed by atoms with Gasteiger partial charge in [0.2, 0.25) is 0 Å². The predicted molar refractivity (Wildman–Crippen MR) is 85.1 cm³/mol. The topological polar surface area (TPSA) is 55.4 Å². The Kier molecular flexibility index (Phi) is 5.78. The second-order valence-electron chi connectivity index (χ2n) is 4.90. The van der Waals surface area contributed by atoms with Crippen LogP contribution in [0.5, 0.6) is 0 Å². The van der Waals surface area contributed by atoms with Crippen molar-refractivity contribution in [3.63, 3.8) is 0 Å². The van der Waals surface area contributed by atoms with E-state index in [1.54, 1.807) is 30.3 Å². The summed E-state index contributed by atoms with van der Waals surface area (Å²) in [5.74, 6) is -2.53. The Hall–Kier alpha value is -3.02. The molecule has 0 bridgehead atoms. The number of rotatable bonds is 6. The summed E-state index contributed by atoms with van der Waals surface area (Å²) in [5, 5.41) is 2.65. The van der Waals surface area contributed by atoms with Gasteiger partial charge in [-0.25, -0.2) is 13.6 Å². The number of carbonyl (C=O) groups excluding carboxylic acids is 2. The van der Waals surface area contributed by atoms with Crippen molar-refractivity contribution in [3.05, 3.63) is 77.0 Å². The summed E-state index contributed by atoms with van der Waals surface area (Å²) in [6.45, 7) is -0.164. The first-order valence-corrected chi connectivity index (χ1v) is 7.08. The number of benzene rings is 2. The third-order valence-electron chi connectivity index (χ3n) is 3.14. The van der Waals surface area contributed by atoms with Gasteiger partial charge in [0.05, 0.1) is 13.7 Å². The molecule has 24 heavy (non-hydrogen) atoms. The molecule has 0 aliphatic carbocycles. The molecule has 0 radical (unpaired) electrons. The summed E-state index contributed by atoms with van der Waals surface area (Å²) in [4.78, 5) is 23.8. The second kappa shape index (κ2) is 8.01. The van der Waals surface area contributed by atoms with E-state index in [2.05, 4.69) is 10.1 Å². The van der Waals surface area contributed by atoms with Crippen molar-refractivity contribution in [1.29, 1.82) is 0 Å². The molecule has 2 aromatic carbocycles. The van der Waals surface area contributed by atoms with Crippen LogP contribution < -0.4 is 5.32 Å². The summed E-state index contributed by atoms with van der Waals surface area (Å²) in [6.07, 6.45) is 1.22. The number of ether oxygens (including phenoxy) is 1. The van der Waals surface area contributed by atoms with Gasteiger partial charge in [-0.2, -0.15) is 0 Å². The van der Waals surface area contributed by atoms with Gasteiger partial charge >= 0.3 is 5.97 Å². The summed E-state index contributed by atoms with van der Waals surface area (Å²) < 4.78 is 31.1. The van der Waals surface area contributed by atoms with Crippen LogP contribution in [0.2, 0.25) is 0 Å². The molecule has 1 N–H and O–H groups in total. The molecule has 4 nitrogen and oxygen atoms in total. The van der Waals surface area contributed by atoms with E-state index in [4.69, 9.17) is 0 Å². The third-order valence-corrected chi connectivity index (χ3v) is 3.14. The molecular weight excluding hydrogens is 316 g/mol. The van der Waals surface area contributed by atoms with Crippen molar-refractivity contribution < 1.29 is 23.1 Å². The molecule has 0 amide bonds. The van der Waals surface area contributed by atoms with Crippen LogP contribution in [0.25, 0.3) is 6.08 Å². The van der Waals surface area contributed by atoms with E-state index in [1.807, 2.05) is 0 Å². The molecule has 0 aromatic heterocycles. The zero-order chi connectivity index (χ0) is 17.5. The number of hydrogen-bond donors (Lipinski definition) is 1. The first-order valence-electron chi connectivity index (χ1n) is 7.08. The number of nitrogens with one attached hydrogen (secondary N) is 1. The summed E-state index contributed by atoms with van der Waals surface area (Å²) in [6, 6.07) is 11.4. The largest absolute Gasteiger partial charge is 0.464 e. The van der Waals surface area contributed by atoms with Gasteiger partial charge in [0, 0.05) is 11.6 Å². The van der Waals surface area contributed by atoms with E-state index in [0.717, 1.165) is 18.2 Å². The quantitative estimate of drug-likeness (QED) is 0.502. The Balaban J connectivity index is 2.18. The standard InChI is InChI=1S/C18H15F2NO3/c1-24-18(23)16(9-12-7-14(19)10-15(20)8-12)21-11-17(22)13-5-3-2-4-6-13/h2-10,21H,11H2,1H3/b16-9-. The normalized spacial score (nSPS) is 11.0. The number of hydrogen-bond acceptors (Lipinski definition) is 4. The van der Waals surface area contributed by atoms with Crippen molar-refractivity contribution in [2.45, 2.75) is 0 Å². The van der Waals surface area contributed by atoms with Gasteiger partial charge < -0.3 is 10.1 Å². The Morgan fingerprint density at radius 1 is 1.08 bits per heavy atom. The molecule has 124 valence electrons. The monoisotopic (exact) mass is 331 g/mol. The lowest BCUT2D eigenvalue weighted by molar-refractivity contribution is -0.136. The molecule has 0 fully saturated rings. The maximum Gasteiger partial charge on any atom is 0.354 e. The summed E-state index contributed by atoms with van der Waals surface area (Å²) in [5.41, 5.74) is 0.533. The van der Waals surface area contributed by atoms with Crippen LogP contribution >= 0.6 is 0 Å². The van der Waals surface area contributed by atoms with Gasteiger partial charge in [0.25, 0.3) is 0 Å². The molecule has 0 spiro atoms. The molecule has 0 heterocycles. The Morgan fingerprint density at radius 3 is 2.29 bits per heavy atom. The Bertz CT molecular complexity index is 753. The van der Waals surface area contributed by atoms with Crippen LogP contribution in [-0.4, -0.2) is 25.4 Å². The molecule has 0 aliphatic rings. The number of esters is 1. The zero-order valence-corrected chi connectivity index (χ0v) is 12.9. The first kappa shape index (κ1) is 17.3. The first-order chi connectivity index (χ1) is 11.5. The van der Waals surface area contributed by atoms with E-state index in [1.165, 1.54) is 13.2 Å². The smallest absolute Gasteiger partial charge is 0.354 e. The van der Waals surface area contributed by atoms with Gasteiger partial charge in [0.1, 0.15) is 17.3 Å². The van der Waals surface area contributed by atoms with Gasteiger partial charge in [-0.1, -0.05) is 30.3 Å². The zero-order valence-electron chi connectivity index (χ0n) is 12.9. The average Bonchev–Trinajstić information content (AvgIpc) is 2.57. The number of ketones is 1. The molecule has 0 saturated heterocycles. The fourth-order valence-electron chi connectivity index (χ4n) is 2.02. The minimum atomic E-state index is -0.772. The third kappa shape index (κ3) is 4.74. The van der Waals surface area contributed by atoms with E-state index in [0.29, 0.717) is 5.56 Å². The SMILES string of the molecule is COC(=O)/C(=C/c1cc(F)cc(F)c1)NCC(=O)c1ccccc1.